The zero-order valence-electron chi connectivity index (χ0n) is 15.2. The van der Waals surface area contributed by atoms with Crippen molar-refractivity contribution in [1.82, 2.24) is 10.6 Å². The van der Waals surface area contributed by atoms with E-state index in [0.29, 0.717) is 12.5 Å². The Hall–Kier alpha value is -0.860. The molecule has 24 heavy (non-hydrogen) atoms. The molecule has 1 aromatic carbocycles. The predicted molar refractivity (Wildman–Crippen MR) is 111 cm³/mol. The summed E-state index contributed by atoms with van der Waals surface area (Å²) in [5.74, 6) is 1.24. The molecule has 0 aliphatic rings. The molecule has 6 heteroatoms. The van der Waals surface area contributed by atoms with Gasteiger partial charge in [-0.1, -0.05) is 44.2 Å². The van der Waals surface area contributed by atoms with E-state index >= 15 is 0 Å². The number of aliphatic hydroxyl groups is 1. The SMILES string of the molecule is CCNC(=NCC(C)C)NCC(O)COC(C)c1ccccc1.I. The molecule has 1 rings (SSSR count). The van der Waals surface area contributed by atoms with Gasteiger partial charge in [-0.3, -0.25) is 4.99 Å². The topological polar surface area (TPSA) is 65.9 Å². The van der Waals surface area contributed by atoms with Crippen LogP contribution >= 0.6 is 24.0 Å². The first-order chi connectivity index (χ1) is 11.0. The van der Waals surface area contributed by atoms with E-state index in [1.807, 2.05) is 44.2 Å². The Bertz CT molecular complexity index is 455. The summed E-state index contributed by atoms with van der Waals surface area (Å²) in [5, 5.41) is 16.4. The molecule has 0 bridgehead atoms. The van der Waals surface area contributed by atoms with Crippen molar-refractivity contribution in [3.8, 4) is 0 Å². The Balaban J connectivity index is 0.00000529. The van der Waals surface area contributed by atoms with Crippen LogP contribution in [0.2, 0.25) is 0 Å². The van der Waals surface area contributed by atoms with E-state index in [2.05, 4.69) is 29.5 Å². The number of aliphatic imine (C=N–C) groups is 1. The van der Waals surface area contributed by atoms with Gasteiger partial charge >= 0.3 is 0 Å². The Morgan fingerprint density at radius 3 is 2.42 bits per heavy atom. The van der Waals surface area contributed by atoms with Crippen LogP contribution in [0.4, 0.5) is 0 Å². The molecule has 0 aliphatic heterocycles. The summed E-state index contributed by atoms with van der Waals surface area (Å²) < 4.78 is 5.73. The minimum Gasteiger partial charge on any atom is -0.389 e. The first-order valence-corrected chi connectivity index (χ1v) is 8.39. The summed E-state index contributed by atoms with van der Waals surface area (Å²) in [6.45, 7) is 10.5. The van der Waals surface area contributed by atoms with Crippen LogP contribution in [0.15, 0.2) is 35.3 Å². The van der Waals surface area contributed by atoms with Gasteiger partial charge in [-0.25, -0.2) is 0 Å². The second-order valence-corrected chi connectivity index (χ2v) is 6.03. The standard InChI is InChI=1S/C18H31N3O2.HI/c1-5-19-18(20-11-14(2)3)21-12-17(22)13-23-15(4)16-9-7-6-8-10-16;/h6-10,14-15,17,22H,5,11-13H2,1-4H3,(H2,19,20,21);1H. The largest absolute Gasteiger partial charge is 0.389 e. The minimum atomic E-state index is -0.580. The lowest BCUT2D eigenvalue weighted by Crippen LogP contribution is -2.42. The highest BCUT2D eigenvalue weighted by atomic mass is 127. The molecule has 0 saturated carbocycles. The molecule has 0 saturated heterocycles. The summed E-state index contributed by atoms with van der Waals surface area (Å²) in [7, 11) is 0. The zero-order valence-corrected chi connectivity index (χ0v) is 17.5. The lowest BCUT2D eigenvalue weighted by atomic mass is 10.1. The van der Waals surface area contributed by atoms with Crippen molar-refractivity contribution >= 4 is 29.9 Å². The third kappa shape index (κ3) is 10.1. The van der Waals surface area contributed by atoms with Crippen LogP contribution in [-0.2, 0) is 4.74 Å². The fourth-order valence-electron chi connectivity index (χ4n) is 1.96. The summed E-state index contributed by atoms with van der Waals surface area (Å²) in [6.07, 6.45) is -0.613. The first kappa shape index (κ1) is 23.1. The smallest absolute Gasteiger partial charge is 0.191 e. The van der Waals surface area contributed by atoms with Crippen LogP contribution in [0.3, 0.4) is 0 Å². The monoisotopic (exact) mass is 449 g/mol. The molecule has 2 unspecified atom stereocenters. The molecular weight excluding hydrogens is 417 g/mol. The Morgan fingerprint density at radius 1 is 1.17 bits per heavy atom. The van der Waals surface area contributed by atoms with Gasteiger partial charge in [0.15, 0.2) is 5.96 Å². The molecule has 0 fully saturated rings. The molecule has 1 aromatic rings. The summed E-state index contributed by atoms with van der Waals surface area (Å²) in [5.41, 5.74) is 1.11. The van der Waals surface area contributed by atoms with Gasteiger partial charge in [0.25, 0.3) is 0 Å². The molecular formula is C18H32IN3O2. The van der Waals surface area contributed by atoms with Crippen molar-refractivity contribution in [1.29, 1.82) is 0 Å². The number of nitrogens with zero attached hydrogens (tertiary/aromatic N) is 1. The van der Waals surface area contributed by atoms with Crippen LogP contribution in [0.25, 0.3) is 0 Å². The summed E-state index contributed by atoms with van der Waals surface area (Å²) >= 11 is 0. The van der Waals surface area contributed by atoms with E-state index in [9.17, 15) is 5.11 Å². The maximum Gasteiger partial charge on any atom is 0.191 e. The fourth-order valence-corrected chi connectivity index (χ4v) is 1.96. The number of aliphatic hydroxyl groups excluding tert-OH is 1. The third-order valence-corrected chi connectivity index (χ3v) is 3.27. The van der Waals surface area contributed by atoms with Crippen LogP contribution in [-0.4, -0.2) is 43.4 Å². The number of nitrogens with one attached hydrogen (secondary N) is 2. The van der Waals surface area contributed by atoms with Crippen molar-refractivity contribution in [2.75, 3.05) is 26.2 Å². The van der Waals surface area contributed by atoms with Gasteiger partial charge in [-0.2, -0.15) is 0 Å². The van der Waals surface area contributed by atoms with Crippen molar-refractivity contribution < 1.29 is 9.84 Å². The number of guanidine groups is 1. The number of hydrogen-bond acceptors (Lipinski definition) is 3. The van der Waals surface area contributed by atoms with E-state index in [0.717, 1.165) is 24.6 Å². The fraction of sp³-hybridized carbons (Fsp3) is 0.611. The Labute approximate surface area is 163 Å². The molecule has 0 amide bonds. The second-order valence-electron chi connectivity index (χ2n) is 6.03. The van der Waals surface area contributed by atoms with Gasteiger partial charge in [0, 0.05) is 19.6 Å². The maximum absolute atomic E-state index is 10.1. The molecule has 138 valence electrons. The van der Waals surface area contributed by atoms with Gasteiger partial charge < -0.3 is 20.5 Å². The minimum absolute atomic E-state index is 0. The zero-order chi connectivity index (χ0) is 17.1. The van der Waals surface area contributed by atoms with Gasteiger partial charge in [0.2, 0.25) is 0 Å². The van der Waals surface area contributed by atoms with Crippen LogP contribution in [0.1, 0.15) is 39.4 Å². The molecule has 2 atom stereocenters. The first-order valence-electron chi connectivity index (χ1n) is 8.39. The quantitative estimate of drug-likeness (QED) is 0.308. The van der Waals surface area contributed by atoms with E-state index in [4.69, 9.17) is 4.74 Å². The average molecular weight is 449 g/mol. The molecule has 0 heterocycles. The molecule has 0 radical (unpaired) electrons. The molecule has 0 aromatic heterocycles. The van der Waals surface area contributed by atoms with Gasteiger partial charge in [-0.15, -0.1) is 24.0 Å². The number of benzene rings is 1. The maximum atomic E-state index is 10.1. The predicted octanol–water partition coefficient (Wildman–Crippen LogP) is 2.95. The third-order valence-electron chi connectivity index (χ3n) is 3.27. The molecule has 0 spiro atoms. The lowest BCUT2D eigenvalue weighted by molar-refractivity contribution is -0.000599. The van der Waals surface area contributed by atoms with Gasteiger partial charge in [0.05, 0.1) is 18.8 Å². The highest BCUT2D eigenvalue weighted by Crippen LogP contribution is 2.15. The van der Waals surface area contributed by atoms with Gasteiger partial charge in [-0.05, 0) is 25.3 Å². The second kappa shape index (κ2) is 13.4. The van der Waals surface area contributed by atoms with Crippen LogP contribution in [0, 0.1) is 5.92 Å². The normalized spacial score (nSPS) is 14.0. The van der Waals surface area contributed by atoms with E-state index in [1.165, 1.54) is 0 Å². The Kier molecular flexibility index (Phi) is 13.0. The van der Waals surface area contributed by atoms with Crippen LogP contribution in [0.5, 0.6) is 0 Å². The lowest BCUT2D eigenvalue weighted by Gasteiger charge is -2.18. The van der Waals surface area contributed by atoms with Crippen molar-refractivity contribution in [2.45, 2.75) is 39.9 Å². The highest BCUT2D eigenvalue weighted by molar-refractivity contribution is 14.0. The van der Waals surface area contributed by atoms with Crippen molar-refractivity contribution in [3.63, 3.8) is 0 Å². The van der Waals surface area contributed by atoms with Crippen molar-refractivity contribution in [2.24, 2.45) is 10.9 Å². The molecule has 3 N–H and O–H groups in total. The molecule has 0 aliphatic carbocycles. The number of ether oxygens (including phenoxy) is 1. The number of hydrogen-bond donors (Lipinski definition) is 3. The number of halogens is 1. The van der Waals surface area contributed by atoms with Crippen molar-refractivity contribution in [3.05, 3.63) is 35.9 Å². The summed E-state index contributed by atoms with van der Waals surface area (Å²) in [4.78, 5) is 4.47. The van der Waals surface area contributed by atoms with Crippen LogP contribution < -0.4 is 10.6 Å². The highest BCUT2D eigenvalue weighted by Gasteiger charge is 2.10. The molecule has 5 nitrogen and oxygen atoms in total. The number of rotatable bonds is 9. The van der Waals surface area contributed by atoms with E-state index in [-0.39, 0.29) is 36.7 Å². The average Bonchev–Trinajstić information content (AvgIpc) is 2.55. The Morgan fingerprint density at radius 2 is 1.83 bits per heavy atom. The van der Waals surface area contributed by atoms with E-state index < -0.39 is 6.10 Å². The summed E-state index contributed by atoms with van der Waals surface area (Å²) in [6, 6.07) is 10.0. The van der Waals surface area contributed by atoms with E-state index in [1.54, 1.807) is 0 Å². The van der Waals surface area contributed by atoms with Gasteiger partial charge in [0.1, 0.15) is 0 Å².